The molecule has 2 nitrogen and oxygen atoms in total. The Kier molecular flexibility index (Phi) is 3.44. The van der Waals surface area contributed by atoms with Crippen LogP contribution in [0.4, 0.5) is 0 Å². The van der Waals surface area contributed by atoms with Gasteiger partial charge in [-0.2, -0.15) is 0 Å². The Morgan fingerprint density at radius 2 is 1.59 bits per heavy atom. The molecule has 0 radical (unpaired) electrons. The van der Waals surface area contributed by atoms with Gasteiger partial charge in [0.1, 0.15) is 11.5 Å². The van der Waals surface area contributed by atoms with Crippen LogP contribution in [0.2, 0.25) is 5.02 Å². The van der Waals surface area contributed by atoms with E-state index in [-0.39, 0.29) is 0 Å². The number of hydrogen-bond acceptors (Lipinski definition) is 2. The Bertz CT molecular complexity index is 766. The average molecular weight is 312 g/mol. The van der Waals surface area contributed by atoms with Crippen molar-refractivity contribution in [2.24, 2.45) is 0 Å². The van der Waals surface area contributed by atoms with Crippen molar-refractivity contribution in [1.29, 1.82) is 0 Å². The smallest absolute Gasteiger partial charge is 0.135 e. The summed E-state index contributed by atoms with van der Waals surface area (Å²) in [4.78, 5) is 2.39. The van der Waals surface area contributed by atoms with Crippen molar-refractivity contribution in [2.45, 2.75) is 12.8 Å². The summed E-state index contributed by atoms with van der Waals surface area (Å²) in [5, 5.41) is 0.762. The molecule has 0 fully saturated rings. The number of rotatable bonds is 0. The largest absolute Gasteiger partial charge is 0.456 e. The van der Waals surface area contributed by atoms with Crippen LogP contribution in [0.1, 0.15) is 24.0 Å². The summed E-state index contributed by atoms with van der Waals surface area (Å²) in [7, 11) is 2.19. The van der Waals surface area contributed by atoms with E-state index in [0.717, 1.165) is 48.0 Å². The summed E-state index contributed by atoms with van der Waals surface area (Å²) in [5.41, 5.74) is 5.15. The molecule has 0 spiro atoms. The molecule has 2 heterocycles. The highest BCUT2D eigenvalue weighted by Gasteiger charge is 2.25. The molecule has 112 valence electrons. The van der Waals surface area contributed by atoms with Crippen molar-refractivity contribution in [3.63, 3.8) is 0 Å². The van der Waals surface area contributed by atoms with Crippen LogP contribution in [0.15, 0.2) is 42.5 Å². The summed E-state index contributed by atoms with van der Waals surface area (Å²) in [5.74, 6) is 1.85. The topological polar surface area (TPSA) is 12.5 Å². The zero-order valence-corrected chi connectivity index (χ0v) is 13.4. The first-order chi connectivity index (χ1) is 10.7. The van der Waals surface area contributed by atoms with Crippen LogP contribution >= 0.6 is 11.6 Å². The normalized spacial score (nSPS) is 17.7. The first kappa shape index (κ1) is 13.9. The van der Waals surface area contributed by atoms with Gasteiger partial charge in [-0.3, -0.25) is 0 Å². The lowest BCUT2D eigenvalue weighted by Crippen LogP contribution is -2.19. The van der Waals surface area contributed by atoms with Crippen molar-refractivity contribution in [3.05, 3.63) is 58.6 Å². The Morgan fingerprint density at radius 1 is 0.909 bits per heavy atom. The van der Waals surface area contributed by atoms with E-state index in [1.165, 1.54) is 16.7 Å². The minimum Gasteiger partial charge on any atom is -0.456 e. The van der Waals surface area contributed by atoms with Crippen molar-refractivity contribution in [3.8, 4) is 11.5 Å². The number of benzene rings is 2. The van der Waals surface area contributed by atoms with E-state index < -0.39 is 0 Å². The highest BCUT2D eigenvalue weighted by Crippen LogP contribution is 2.46. The van der Waals surface area contributed by atoms with E-state index in [4.69, 9.17) is 16.3 Å². The Labute approximate surface area is 136 Å². The van der Waals surface area contributed by atoms with Crippen LogP contribution in [-0.4, -0.2) is 25.0 Å². The van der Waals surface area contributed by atoms with E-state index in [2.05, 4.69) is 30.1 Å². The third-order valence-electron chi connectivity index (χ3n) is 4.55. The van der Waals surface area contributed by atoms with Gasteiger partial charge in [-0.1, -0.05) is 29.8 Å². The monoisotopic (exact) mass is 311 g/mol. The lowest BCUT2D eigenvalue weighted by atomic mass is 9.91. The van der Waals surface area contributed by atoms with E-state index in [1.807, 2.05) is 24.3 Å². The molecule has 2 aromatic carbocycles. The summed E-state index contributed by atoms with van der Waals surface area (Å²) in [6.07, 6.45) is 2.06. The number of para-hydroxylation sites is 1. The van der Waals surface area contributed by atoms with E-state index in [1.54, 1.807) is 0 Å². The molecule has 0 saturated heterocycles. The summed E-state index contributed by atoms with van der Waals surface area (Å²) in [6.45, 7) is 2.13. The van der Waals surface area contributed by atoms with Gasteiger partial charge >= 0.3 is 0 Å². The quantitative estimate of drug-likeness (QED) is 0.672. The molecule has 0 amide bonds. The van der Waals surface area contributed by atoms with Gasteiger partial charge in [-0.25, -0.2) is 0 Å². The molecule has 0 saturated carbocycles. The van der Waals surface area contributed by atoms with Crippen LogP contribution in [0, 0.1) is 0 Å². The van der Waals surface area contributed by atoms with Gasteiger partial charge < -0.3 is 9.64 Å². The molecular formula is C19H18ClNO. The van der Waals surface area contributed by atoms with Gasteiger partial charge in [-0.15, -0.1) is 0 Å². The number of halogens is 1. The molecule has 3 heteroatoms. The first-order valence-electron chi connectivity index (χ1n) is 7.70. The highest BCUT2D eigenvalue weighted by molar-refractivity contribution is 6.30. The Balaban J connectivity index is 1.98. The van der Waals surface area contributed by atoms with Crippen molar-refractivity contribution in [2.75, 3.05) is 20.1 Å². The molecule has 0 bridgehead atoms. The maximum absolute atomic E-state index is 6.25. The standard InChI is InChI=1S/C19H18ClNO/c1-21-10-8-14-15(9-11-21)17-12-13(20)6-7-19(17)22-18-5-3-2-4-16(14)18/h2-7,12H,8-11H2,1H3. The fourth-order valence-corrected chi connectivity index (χ4v) is 3.54. The molecule has 0 aliphatic carbocycles. The maximum atomic E-state index is 6.25. The van der Waals surface area contributed by atoms with Gasteiger partial charge in [0.05, 0.1) is 0 Å². The molecule has 0 unspecified atom stereocenters. The van der Waals surface area contributed by atoms with Gasteiger partial charge in [0.2, 0.25) is 0 Å². The summed E-state index contributed by atoms with van der Waals surface area (Å²) < 4.78 is 6.20. The zero-order chi connectivity index (χ0) is 15.1. The minimum atomic E-state index is 0.762. The SMILES string of the molecule is CN1CCC2=C(CC1)c1cc(Cl)ccc1Oc1ccccc12. The molecular weight excluding hydrogens is 294 g/mol. The molecule has 2 aromatic rings. The average Bonchev–Trinajstić information content (AvgIpc) is 2.78. The van der Waals surface area contributed by atoms with E-state index in [0.29, 0.717) is 0 Å². The zero-order valence-electron chi connectivity index (χ0n) is 12.6. The van der Waals surface area contributed by atoms with Crippen molar-refractivity contribution < 1.29 is 4.74 Å². The number of ether oxygens (including phenoxy) is 1. The molecule has 2 aliphatic rings. The Hall–Kier alpha value is -1.77. The predicted molar refractivity (Wildman–Crippen MR) is 91.5 cm³/mol. The first-order valence-corrected chi connectivity index (χ1v) is 8.08. The third-order valence-corrected chi connectivity index (χ3v) is 4.79. The van der Waals surface area contributed by atoms with Gasteiger partial charge in [0.15, 0.2) is 0 Å². The second-order valence-corrected chi connectivity index (χ2v) is 6.44. The minimum absolute atomic E-state index is 0.762. The fourth-order valence-electron chi connectivity index (χ4n) is 3.36. The molecule has 0 atom stereocenters. The summed E-state index contributed by atoms with van der Waals surface area (Å²) >= 11 is 6.25. The van der Waals surface area contributed by atoms with E-state index >= 15 is 0 Å². The molecule has 0 aromatic heterocycles. The van der Waals surface area contributed by atoms with Gasteiger partial charge in [0.25, 0.3) is 0 Å². The molecule has 22 heavy (non-hydrogen) atoms. The second-order valence-electron chi connectivity index (χ2n) is 6.00. The predicted octanol–water partition coefficient (Wildman–Crippen LogP) is 5.08. The number of hydrogen-bond donors (Lipinski definition) is 0. The van der Waals surface area contributed by atoms with E-state index in [9.17, 15) is 0 Å². The summed E-state index contributed by atoms with van der Waals surface area (Å²) in [6, 6.07) is 14.3. The lowest BCUT2D eigenvalue weighted by Gasteiger charge is -2.15. The van der Waals surface area contributed by atoms with Crippen molar-refractivity contribution >= 4 is 22.7 Å². The van der Waals surface area contributed by atoms with Crippen LogP contribution < -0.4 is 4.74 Å². The maximum Gasteiger partial charge on any atom is 0.135 e. The second kappa shape index (κ2) is 5.45. The van der Waals surface area contributed by atoms with Crippen LogP contribution in [-0.2, 0) is 0 Å². The lowest BCUT2D eigenvalue weighted by molar-refractivity contribution is 0.356. The highest BCUT2D eigenvalue weighted by atomic mass is 35.5. The van der Waals surface area contributed by atoms with Crippen LogP contribution in [0.5, 0.6) is 11.5 Å². The molecule has 4 rings (SSSR count). The van der Waals surface area contributed by atoms with Gasteiger partial charge in [-0.05, 0) is 55.3 Å². The van der Waals surface area contributed by atoms with Crippen LogP contribution in [0.25, 0.3) is 11.1 Å². The number of fused-ring (bicyclic) bond motifs is 4. The van der Waals surface area contributed by atoms with Crippen molar-refractivity contribution in [1.82, 2.24) is 4.90 Å². The van der Waals surface area contributed by atoms with Crippen LogP contribution in [0.3, 0.4) is 0 Å². The third kappa shape index (κ3) is 2.33. The Morgan fingerprint density at radius 3 is 2.41 bits per heavy atom. The van der Waals surface area contributed by atoms with Gasteiger partial charge in [0, 0.05) is 29.2 Å². The molecule has 0 N–H and O–H groups in total. The fraction of sp³-hybridized carbons (Fsp3) is 0.263. The number of nitrogens with zero attached hydrogens (tertiary/aromatic N) is 1. The molecule has 2 aliphatic heterocycles.